The van der Waals surface area contributed by atoms with Crippen molar-refractivity contribution >= 4 is 11.8 Å². The Morgan fingerprint density at radius 2 is 2.10 bits per heavy atom. The van der Waals surface area contributed by atoms with E-state index in [0.29, 0.717) is 37.6 Å². The zero-order valence-electron chi connectivity index (χ0n) is 17.7. The molecule has 0 radical (unpaired) electrons. The summed E-state index contributed by atoms with van der Waals surface area (Å²) in [6.07, 6.45) is 3.58. The monoisotopic (exact) mass is 403 g/mol. The number of aliphatic hydroxyl groups excluding tert-OH is 1. The van der Waals surface area contributed by atoms with E-state index in [2.05, 4.69) is 43.2 Å². The molecule has 29 heavy (non-hydrogen) atoms. The van der Waals surface area contributed by atoms with E-state index in [9.17, 15) is 4.79 Å². The lowest BCUT2D eigenvalue weighted by atomic mass is 9.92. The van der Waals surface area contributed by atoms with Crippen LogP contribution >= 0.6 is 0 Å². The van der Waals surface area contributed by atoms with Gasteiger partial charge in [0.2, 0.25) is 5.90 Å². The van der Waals surface area contributed by atoms with Gasteiger partial charge in [0, 0.05) is 31.6 Å². The molecule has 0 unspecified atom stereocenters. The van der Waals surface area contributed by atoms with E-state index in [1.165, 1.54) is 0 Å². The van der Waals surface area contributed by atoms with Crippen molar-refractivity contribution in [2.24, 2.45) is 10.4 Å². The van der Waals surface area contributed by atoms with Crippen LogP contribution in [0.3, 0.4) is 0 Å². The molecule has 1 aliphatic heterocycles. The van der Waals surface area contributed by atoms with Crippen LogP contribution < -0.4 is 15.6 Å². The quantitative estimate of drug-likeness (QED) is 0.300. The number of aliphatic imine (C=N–C) groups is 1. The average Bonchev–Trinajstić information content (AvgIpc) is 3.11. The SMILES string of the molecule is C=CC[C@@]1(C(=O)NNCCC(C)(C)C)COC(c2ccc(OCCCO)cc2)=N1. The standard InChI is InChI=1S/C22H33N3O4/c1-5-11-22(20(27)25-23-13-12-21(2,3)4)16-29-19(24-22)17-7-9-18(10-8-17)28-15-6-14-26/h5,7-10,23,26H,1,6,11-16H2,2-4H3,(H,25,27)/t22-/m0/s1. The Balaban J connectivity index is 2.02. The minimum atomic E-state index is -1.03. The second-order valence-electron chi connectivity index (χ2n) is 8.37. The highest BCUT2D eigenvalue weighted by atomic mass is 16.5. The molecule has 0 spiro atoms. The Labute approximate surface area is 173 Å². The van der Waals surface area contributed by atoms with Crippen LogP contribution in [-0.4, -0.2) is 48.8 Å². The number of rotatable bonds is 11. The number of hydrazine groups is 1. The van der Waals surface area contributed by atoms with Crippen LogP contribution in [0.25, 0.3) is 0 Å². The maximum absolute atomic E-state index is 12.8. The fraction of sp³-hybridized carbons (Fsp3) is 0.545. The Morgan fingerprint density at radius 3 is 2.72 bits per heavy atom. The van der Waals surface area contributed by atoms with Crippen molar-refractivity contribution in [3.05, 3.63) is 42.5 Å². The highest BCUT2D eigenvalue weighted by Gasteiger charge is 2.43. The fourth-order valence-corrected chi connectivity index (χ4v) is 2.79. The zero-order valence-corrected chi connectivity index (χ0v) is 17.7. The molecule has 1 aromatic rings. The predicted octanol–water partition coefficient (Wildman–Crippen LogP) is 2.60. The average molecular weight is 404 g/mol. The van der Waals surface area contributed by atoms with E-state index in [-0.39, 0.29) is 24.5 Å². The van der Waals surface area contributed by atoms with Crippen molar-refractivity contribution in [1.29, 1.82) is 0 Å². The van der Waals surface area contributed by atoms with Gasteiger partial charge in [0.15, 0.2) is 5.54 Å². The summed E-state index contributed by atoms with van der Waals surface area (Å²) < 4.78 is 11.3. The molecule has 3 N–H and O–H groups in total. The number of nitrogens with one attached hydrogen (secondary N) is 2. The van der Waals surface area contributed by atoms with Crippen molar-refractivity contribution in [2.75, 3.05) is 26.4 Å². The smallest absolute Gasteiger partial charge is 0.266 e. The summed E-state index contributed by atoms with van der Waals surface area (Å²) in [4.78, 5) is 17.4. The highest BCUT2D eigenvalue weighted by molar-refractivity contribution is 6.00. The van der Waals surface area contributed by atoms with Gasteiger partial charge in [-0.3, -0.25) is 10.2 Å². The number of amides is 1. The molecule has 7 nitrogen and oxygen atoms in total. The molecule has 1 heterocycles. The predicted molar refractivity (Wildman–Crippen MR) is 114 cm³/mol. The van der Waals surface area contributed by atoms with E-state index in [1.807, 2.05) is 24.3 Å². The minimum Gasteiger partial charge on any atom is -0.494 e. The lowest BCUT2D eigenvalue weighted by molar-refractivity contribution is -0.127. The molecule has 7 heteroatoms. The third-order valence-corrected chi connectivity index (χ3v) is 4.54. The summed E-state index contributed by atoms with van der Waals surface area (Å²) in [7, 11) is 0. The van der Waals surface area contributed by atoms with Crippen molar-refractivity contribution < 1.29 is 19.4 Å². The van der Waals surface area contributed by atoms with Gasteiger partial charge >= 0.3 is 0 Å². The Bertz CT molecular complexity index is 710. The van der Waals surface area contributed by atoms with Crippen LogP contribution in [0.15, 0.2) is 41.9 Å². The maximum Gasteiger partial charge on any atom is 0.266 e. The number of ether oxygens (including phenoxy) is 2. The summed E-state index contributed by atoms with van der Waals surface area (Å²) in [6.45, 7) is 11.6. The molecule has 0 aromatic heterocycles. The summed E-state index contributed by atoms with van der Waals surface area (Å²) in [5, 5.41) is 8.82. The van der Waals surface area contributed by atoms with Crippen LogP contribution in [0.4, 0.5) is 0 Å². The van der Waals surface area contributed by atoms with E-state index >= 15 is 0 Å². The first-order chi connectivity index (χ1) is 13.8. The zero-order chi connectivity index (χ0) is 21.3. The van der Waals surface area contributed by atoms with Crippen molar-refractivity contribution in [3.63, 3.8) is 0 Å². The lowest BCUT2D eigenvalue weighted by Crippen LogP contribution is -2.51. The molecule has 0 saturated heterocycles. The third-order valence-electron chi connectivity index (χ3n) is 4.54. The molecule has 0 aliphatic carbocycles. The van der Waals surface area contributed by atoms with Gasteiger partial charge in [-0.25, -0.2) is 10.4 Å². The first-order valence-electron chi connectivity index (χ1n) is 10.0. The Kier molecular flexibility index (Phi) is 8.22. The van der Waals surface area contributed by atoms with Gasteiger partial charge in [-0.2, -0.15) is 0 Å². The summed E-state index contributed by atoms with van der Waals surface area (Å²) in [6, 6.07) is 7.33. The number of hydrogen-bond donors (Lipinski definition) is 3. The topological polar surface area (TPSA) is 92.2 Å². The number of hydrogen-bond acceptors (Lipinski definition) is 6. The molecule has 1 aliphatic rings. The molecule has 1 amide bonds. The van der Waals surface area contributed by atoms with Gasteiger partial charge in [0.25, 0.3) is 5.91 Å². The van der Waals surface area contributed by atoms with Crippen LogP contribution in [0, 0.1) is 5.41 Å². The van der Waals surface area contributed by atoms with E-state index in [4.69, 9.17) is 14.6 Å². The van der Waals surface area contributed by atoms with E-state index in [1.54, 1.807) is 6.08 Å². The van der Waals surface area contributed by atoms with Gasteiger partial charge < -0.3 is 14.6 Å². The minimum absolute atomic E-state index is 0.0985. The number of benzene rings is 1. The summed E-state index contributed by atoms with van der Waals surface area (Å²) in [5.41, 5.74) is 5.70. The van der Waals surface area contributed by atoms with Crippen LogP contribution in [0.5, 0.6) is 5.75 Å². The molecule has 0 saturated carbocycles. The van der Waals surface area contributed by atoms with Gasteiger partial charge in [0.1, 0.15) is 12.4 Å². The van der Waals surface area contributed by atoms with Crippen molar-refractivity contribution in [3.8, 4) is 5.75 Å². The number of aliphatic hydroxyl groups is 1. The van der Waals surface area contributed by atoms with Gasteiger partial charge in [0.05, 0.1) is 6.61 Å². The largest absolute Gasteiger partial charge is 0.494 e. The maximum atomic E-state index is 12.8. The highest BCUT2D eigenvalue weighted by Crippen LogP contribution is 2.27. The van der Waals surface area contributed by atoms with Crippen molar-refractivity contribution in [1.82, 2.24) is 10.9 Å². The van der Waals surface area contributed by atoms with Crippen molar-refractivity contribution in [2.45, 2.75) is 45.6 Å². The Morgan fingerprint density at radius 1 is 1.38 bits per heavy atom. The molecular weight excluding hydrogens is 370 g/mol. The van der Waals surface area contributed by atoms with Crippen LogP contribution in [-0.2, 0) is 9.53 Å². The summed E-state index contributed by atoms with van der Waals surface area (Å²) >= 11 is 0. The van der Waals surface area contributed by atoms with Gasteiger partial charge in [-0.15, -0.1) is 6.58 Å². The molecule has 160 valence electrons. The first kappa shape index (κ1) is 22.9. The molecule has 0 fully saturated rings. The molecule has 2 rings (SSSR count). The number of carbonyl (C=O) groups is 1. The van der Waals surface area contributed by atoms with Gasteiger partial charge in [-0.1, -0.05) is 26.8 Å². The normalized spacial score (nSPS) is 18.7. The molecular formula is C22H33N3O4. The van der Waals surface area contributed by atoms with Crippen LogP contribution in [0.1, 0.15) is 45.6 Å². The van der Waals surface area contributed by atoms with Crippen LogP contribution in [0.2, 0.25) is 0 Å². The number of nitrogens with zero attached hydrogens (tertiary/aromatic N) is 1. The molecule has 1 aromatic carbocycles. The summed E-state index contributed by atoms with van der Waals surface area (Å²) in [5.74, 6) is 0.905. The number of carbonyl (C=O) groups excluding carboxylic acids is 1. The first-order valence-corrected chi connectivity index (χ1v) is 10.0. The second-order valence-corrected chi connectivity index (χ2v) is 8.37. The fourth-order valence-electron chi connectivity index (χ4n) is 2.79. The molecule has 0 bridgehead atoms. The van der Waals surface area contributed by atoms with E-state index < -0.39 is 5.54 Å². The Hall–Kier alpha value is -2.38. The second kappa shape index (κ2) is 10.4. The van der Waals surface area contributed by atoms with Gasteiger partial charge in [-0.05, 0) is 36.1 Å². The molecule has 1 atom stereocenters. The third kappa shape index (κ3) is 6.87. The van der Waals surface area contributed by atoms with E-state index in [0.717, 1.165) is 12.0 Å². The lowest BCUT2D eigenvalue weighted by Gasteiger charge is -2.23.